The molecule has 2 amide bonds. The highest BCUT2D eigenvalue weighted by molar-refractivity contribution is 5.86. The first kappa shape index (κ1) is 14.2. The molecule has 2 fully saturated rings. The molecule has 2 aliphatic rings. The lowest BCUT2D eigenvalue weighted by Gasteiger charge is -2.35. The third kappa shape index (κ3) is 2.85. The van der Waals surface area contributed by atoms with Gasteiger partial charge in [0.2, 0.25) is 0 Å². The Balaban J connectivity index is 2.08. The molecule has 2 rings (SSSR count). The Bertz CT molecular complexity index is 368. The molecule has 1 atom stereocenters. The minimum Gasteiger partial charge on any atom is -0.480 e. The number of amides is 2. The molecule has 1 N–H and O–H groups in total. The van der Waals surface area contributed by atoms with Crippen LogP contribution in [-0.2, 0) is 4.79 Å². The van der Waals surface area contributed by atoms with Crippen molar-refractivity contribution in [2.24, 2.45) is 5.92 Å². The summed E-state index contributed by atoms with van der Waals surface area (Å²) < 4.78 is 0. The van der Waals surface area contributed by atoms with E-state index in [2.05, 4.69) is 0 Å². The number of hydrogen-bond acceptors (Lipinski definition) is 2. The second-order valence-corrected chi connectivity index (χ2v) is 6.01. The number of aliphatic carboxylic acids is 1. The van der Waals surface area contributed by atoms with Crippen LogP contribution in [0.15, 0.2) is 0 Å². The van der Waals surface area contributed by atoms with Gasteiger partial charge in [-0.05, 0) is 44.9 Å². The van der Waals surface area contributed by atoms with Gasteiger partial charge in [0.05, 0.1) is 0 Å². The van der Waals surface area contributed by atoms with Crippen LogP contribution >= 0.6 is 0 Å². The summed E-state index contributed by atoms with van der Waals surface area (Å²) in [5.41, 5.74) is -1.02. The number of hydrogen-bond donors (Lipinski definition) is 1. The molecular formula is C14H24N2O3. The Morgan fingerprint density at radius 3 is 2.63 bits per heavy atom. The van der Waals surface area contributed by atoms with Gasteiger partial charge in [-0.3, -0.25) is 0 Å². The van der Waals surface area contributed by atoms with Crippen LogP contribution in [0.5, 0.6) is 0 Å². The number of nitrogens with zero attached hydrogens (tertiary/aromatic N) is 2. The summed E-state index contributed by atoms with van der Waals surface area (Å²) in [6, 6.07) is -0.0869. The Labute approximate surface area is 114 Å². The molecule has 0 aromatic heterocycles. The van der Waals surface area contributed by atoms with E-state index in [0.29, 0.717) is 18.9 Å². The van der Waals surface area contributed by atoms with E-state index in [0.717, 1.165) is 25.9 Å². The van der Waals surface area contributed by atoms with Gasteiger partial charge in [0.1, 0.15) is 5.54 Å². The Kier molecular flexibility index (Phi) is 4.02. The summed E-state index contributed by atoms with van der Waals surface area (Å²) in [6.07, 6.45) is 4.64. The maximum atomic E-state index is 12.6. The van der Waals surface area contributed by atoms with E-state index in [1.807, 2.05) is 11.8 Å². The van der Waals surface area contributed by atoms with Crippen molar-refractivity contribution in [3.8, 4) is 0 Å². The summed E-state index contributed by atoms with van der Waals surface area (Å²) >= 11 is 0. The van der Waals surface area contributed by atoms with Gasteiger partial charge >= 0.3 is 12.0 Å². The molecule has 19 heavy (non-hydrogen) atoms. The first-order valence-electron chi connectivity index (χ1n) is 7.29. The largest absolute Gasteiger partial charge is 0.480 e. The summed E-state index contributed by atoms with van der Waals surface area (Å²) in [5.74, 6) is -0.254. The van der Waals surface area contributed by atoms with Crippen molar-refractivity contribution in [3.05, 3.63) is 0 Å². The van der Waals surface area contributed by atoms with Gasteiger partial charge < -0.3 is 14.9 Å². The number of carboxylic acid groups (broad SMARTS) is 1. The quantitative estimate of drug-likeness (QED) is 0.831. The van der Waals surface area contributed by atoms with Gasteiger partial charge in [0.25, 0.3) is 0 Å². The molecule has 1 unspecified atom stereocenters. The van der Waals surface area contributed by atoms with Crippen molar-refractivity contribution in [2.75, 3.05) is 19.6 Å². The molecule has 0 spiro atoms. The maximum Gasteiger partial charge on any atom is 0.329 e. The van der Waals surface area contributed by atoms with Gasteiger partial charge in [-0.15, -0.1) is 0 Å². The van der Waals surface area contributed by atoms with Crippen molar-refractivity contribution in [1.29, 1.82) is 0 Å². The molecule has 0 bridgehead atoms. The molecule has 1 heterocycles. The second-order valence-electron chi connectivity index (χ2n) is 6.01. The molecular weight excluding hydrogens is 244 g/mol. The van der Waals surface area contributed by atoms with Crippen LogP contribution in [0.4, 0.5) is 4.79 Å². The molecule has 0 aromatic carbocycles. The SMILES string of the molecule is CCCN(CC1CC1)C(=O)N1CCCC1(C)C(=O)O. The predicted octanol–water partition coefficient (Wildman–Crippen LogP) is 2.17. The van der Waals surface area contributed by atoms with Crippen LogP contribution in [0, 0.1) is 5.92 Å². The zero-order valence-electron chi connectivity index (χ0n) is 11.9. The standard InChI is InChI=1S/C14H24N2O3/c1-3-8-15(10-11-5-6-11)13(19)16-9-4-7-14(16,2)12(17)18/h11H,3-10H2,1-2H3,(H,17,18). The lowest BCUT2D eigenvalue weighted by Crippen LogP contribution is -2.55. The molecule has 1 saturated carbocycles. The second kappa shape index (κ2) is 5.39. The number of carbonyl (C=O) groups is 2. The number of likely N-dealkylation sites (tertiary alicyclic amines) is 1. The van der Waals surface area contributed by atoms with E-state index in [1.165, 1.54) is 12.8 Å². The van der Waals surface area contributed by atoms with E-state index in [9.17, 15) is 14.7 Å². The van der Waals surface area contributed by atoms with Crippen molar-refractivity contribution >= 4 is 12.0 Å². The van der Waals surface area contributed by atoms with E-state index in [-0.39, 0.29) is 6.03 Å². The van der Waals surface area contributed by atoms with Crippen LogP contribution in [0.1, 0.15) is 46.0 Å². The lowest BCUT2D eigenvalue weighted by atomic mass is 10.00. The highest BCUT2D eigenvalue weighted by atomic mass is 16.4. The number of carboxylic acids is 1. The molecule has 1 saturated heterocycles. The third-order valence-corrected chi connectivity index (χ3v) is 4.27. The fourth-order valence-electron chi connectivity index (χ4n) is 2.81. The first-order chi connectivity index (χ1) is 8.99. The van der Waals surface area contributed by atoms with Gasteiger partial charge in [-0.2, -0.15) is 0 Å². The molecule has 1 aliphatic carbocycles. The minimum atomic E-state index is -1.02. The lowest BCUT2D eigenvalue weighted by molar-refractivity contribution is -0.147. The summed E-state index contributed by atoms with van der Waals surface area (Å²) in [7, 11) is 0. The average molecular weight is 268 g/mol. The molecule has 0 aromatic rings. The van der Waals surface area contributed by atoms with Gasteiger partial charge in [0, 0.05) is 19.6 Å². The van der Waals surface area contributed by atoms with Gasteiger partial charge in [-0.1, -0.05) is 6.92 Å². The minimum absolute atomic E-state index is 0.0869. The summed E-state index contributed by atoms with van der Waals surface area (Å²) in [4.78, 5) is 27.5. The zero-order valence-corrected chi connectivity index (χ0v) is 11.9. The first-order valence-corrected chi connectivity index (χ1v) is 7.29. The Hall–Kier alpha value is -1.26. The normalized spacial score (nSPS) is 26.5. The van der Waals surface area contributed by atoms with E-state index < -0.39 is 11.5 Å². The van der Waals surface area contributed by atoms with Crippen LogP contribution in [0.25, 0.3) is 0 Å². The number of urea groups is 1. The van der Waals surface area contributed by atoms with E-state index in [4.69, 9.17) is 0 Å². The predicted molar refractivity (Wildman–Crippen MR) is 72.0 cm³/mol. The highest BCUT2D eigenvalue weighted by Crippen LogP contribution is 2.33. The number of carbonyl (C=O) groups excluding carboxylic acids is 1. The van der Waals surface area contributed by atoms with Crippen LogP contribution in [0.3, 0.4) is 0 Å². The van der Waals surface area contributed by atoms with Crippen molar-refractivity contribution in [2.45, 2.75) is 51.5 Å². The fourth-order valence-corrected chi connectivity index (χ4v) is 2.81. The van der Waals surface area contributed by atoms with E-state index in [1.54, 1.807) is 11.8 Å². The van der Waals surface area contributed by atoms with Crippen LogP contribution < -0.4 is 0 Å². The molecule has 5 heteroatoms. The van der Waals surface area contributed by atoms with Crippen molar-refractivity contribution < 1.29 is 14.7 Å². The summed E-state index contributed by atoms with van der Waals surface area (Å²) in [5, 5.41) is 9.39. The molecule has 0 radical (unpaired) electrons. The number of rotatable bonds is 5. The highest BCUT2D eigenvalue weighted by Gasteiger charge is 2.47. The topological polar surface area (TPSA) is 60.9 Å². The molecule has 1 aliphatic heterocycles. The molecule has 108 valence electrons. The zero-order chi connectivity index (χ0) is 14.0. The Morgan fingerprint density at radius 1 is 1.42 bits per heavy atom. The van der Waals surface area contributed by atoms with Crippen molar-refractivity contribution in [3.63, 3.8) is 0 Å². The van der Waals surface area contributed by atoms with Crippen LogP contribution in [0.2, 0.25) is 0 Å². The van der Waals surface area contributed by atoms with Crippen LogP contribution in [-0.4, -0.2) is 52.1 Å². The third-order valence-electron chi connectivity index (χ3n) is 4.27. The maximum absolute atomic E-state index is 12.6. The average Bonchev–Trinajstić information content (AvgIpc) is 3.09. The van der Waals surface area contributed by atoms with E-state index >= 15 is 0 Å². The van der Waals surface area contributed by atoms with Gasteiger partial charge in [0.15, 0.2) is 0 Å². The van der Waals surface area contributed by atoms with Crippen molar-refractivity contribution in [1.82, 2.24) is 9.80 Å². The monoisotopic (exact) mass is 268 g/mol. The Morgan fingerprint density at radius 2 is 2.11 bits per heavy atom. The fraction of sp³-hybridized carbons (Fsp3) is 0.857. The summed E-state index contributed by atoms with van der Waals surface area (Å²) in [6.45, 7) is 5.79. The van der Waals surface area contributed by atoms with Gasteiger partial charge in [-0.25, -0.2) is 9.59 Å². The smallest absolute Gasteiger partial charge is 0.329 e. The molecule has 5 nitrogen and oxygen atoms in total.